The minimum absolute atomic E-state index is 0.106. The van der Waals surface area contributed by atoms with Crippen LogP contribution >= 0.6 is 0 Å². The van der Waals surface area contributed by atoms with Gasteiger partial charge in [-0.1, -0.05) is 12.1 Å². The number of piperazine rings is 1. The molecule has 110 valence electrons. The average molecular weight is 290 g/mol. The molecule has 1 saturated heterocycles. The van der Waals surface area contributed by atoms with Crippen molar-refractivity contribution in [3.8, 4) is 0 Å². The van der Waals surface area contributed by atoms with E-state index >= 15 is 0 Å². The lowest BCUT2D eigenvalue weighted by atomic mass is 10.1. The number of hydrogen-bond donors (Lipinski definition) is 1. The average Bonchev–Trinajstić information content (AvgIpc) is 2.49. The Labute approximate surface area is 120 Å². The van der Waals surface area contributed by atoms with Gasteiger partial charge in [0.25, 0.3) is 5.78 Å². The second-order valence-electron chi connectivity index (χ2n) is 4.31. The maximum Gasteiger partial charge on any atom is 0.379 e. The Morgan fingerprint density at radius 3 is 2.81 bits per heavy atom. The highest BCUT2D eigenvalue weighted by atomic mass is 16.5. The summed E-state index contributed by atoms with van der Waals surface area (Å²) in [5.41, 5.74) is 0.509. The van der Waals surface area contributed by atoms with Crippen molar-refractivity contribution in [1.82, 2.24) is 5.32 Å². The third kappa shape index (κ3) is 3.07. The van der Waals surface area contributed by atoms with E-state index in [1.807, 2.05) is 0 Å². The zero-order valence-electron chi connectivity index (χ0n) is 11.4. The molecule has 21 heavy (non-hydrogen) atoms. The number of nitrogens with zero attached hydrogens (tertiary/aromatic N) is 1. The van der Waals surface area contributed by atoms with Crippen LogP contribution in [0.25, 0.3) is 0 Å². The number of nitrogens with one attached hydrogen (secondary N) is 1. The van der Waals surface area contributed by atoms with Gasteiger partial charge in [0, 0.05) is 24.3 Å². The van der Waals surface area contributed by atoms with Crippen LogP contribution < -0.4 is 10.2 Å². The van der Waals surface area contributed by atoms with Gasteiger partial charge in [0.05, 0.1) is 6.61 Å². The van der Waals surface area contributed by atoms with Gasteiger partial charge in [-0.25, -0.2) is 4.79 Å². The van der Waals surface area contributed by atoms with E-state index in [0.717, 1.165) is 0 Å². The van der Waals surface area contributed by atoms with E-state index in [2.05, 4.69) is 10.1 Å². The van der Waals surface area contributed by atoms with Gasteiger partial charge in [-0.15, -0.1) is 0 Å². The molecular formula is C14H14N2O5. The van der Waals surface area contributed by atoms with Crippen molar-refractivity contribution in [1.29, 1.82) is 0 Å². The van der Waals surface area contributed by atoms with Gasteiger partial charge in [0.2, 0.25) is 0 Å². The summed E-state index contributed by atoms with van der Waals surface area (Å²) < 4.78 is 4.65. The van der Waals surface area contributed by atoms with Crippen molar-refractivity contribution >= 4 is 29.3 Å². The van der Waals surface area contributed by atoms with Crippen molar-refractivity contribution < 1.29 is 23.9 Å². The number of ketones is 1. The highest BCUT2D eigenvalue weighted by Gasteiger charge is 2.28. The first-order valence-electron chi connectivity index (χ1n) is 6.45. The quantitative estimate of drug-likeness (QED) is 0.474. The molecule has 1 aliphatic rings. The molecule has 0 saturated carbocycles. The fourth-order valence-electron chi connectivity index (χ4n) is 1.96. The van der Waals surface area contributed by atoms with Crippen molar-refractivity contribution in [3.05, 3.63) is 29.8 Å². The fourth-order valence-corrected chi connectivity index (χ4v) is 1.96. The van der Waals surface area contributed by atoms with Crippen LogP contribution in [0.2, 0.25) is 0 Å². The second-order valence-corrected chi connectivity index (χ2v) is 4.31. The summed E-state index contributed by atoms with van der Waals surface area (Å²) >= 11 is 0. The van der Waals surface area contributed by atoms with Crippen molar-refractivity contribution in [2.24, 2.45) is 0 Å². The molecule has 1 fully saturated rings. The Bertz CT molecular complexity index is 611. The maximum absolute atomic E-state index is 11.9. The molecule has 7 heteroatoms. The number of Topliss-reactive ketones (excluding diaryl/α,β-unsaturated/α-hetero) is 1. The third-order valence-electron chi connectivity index (χ3n) is 2.94. The summed E-state index contributed by atoms with van der Waals surface area (Å²) in [5.74, 6) is -3.12. The number of ether oxygens (including phenoxy) is 1. The van der Waals surface area contributed by atoms with E-state index in [1.165, 1.54) is 17.0 Å². The van der Waals surface area contributed by atoms with Gasteiger partial charge < -0.3 is 15.0 Å². The normalized spacial score (nSPS) is 14.6. The van der Waals surface area contributed by atoms with Gasteiger partial charge in [-0.3, -0.25) is 14.4 Å². The van der Waals surface area contributed by atoms with E-state index < -0.39 is 23.6 Å². The number of hydrogen-bond acceptors (Lipinski definition) is 5. The van der Waals surface area contributed by atoms with Gasteiger partial charge in [-0.05, 0) is 19.1 Å². The zero-order chi connectivity index (χ0) is 15.4. The van der Waals surface area contributed by atoms with Gasteiger partial charge in [0.15, 0.2) is 0 Å². The summed E-state index contributed by atoms with van der Waals surface area (Å²) in [7, 11) is 0. The smallest absolute Gasteiger partial charge is 0.379 e. The number of anilines is 1. The van der Waals surface area contributed by atoms with Crippen LogP contribution in [0.4, 0.5) is 5.69 Å². The Kier molecular flexibility index (Phi) is 4.32. The highest BCUT2D eigenvalue weighted by molar-refractivity contribution is 6.42. The number of carbonyl (C=O) groups excluding carboxylic acids is 4. The number of amides is 2. The van der Waals surface area contributed by atoms with E-state index in [1.54, 1.807) is 19.1 Å². The van der Waals surface area contributed by atoms with Crippen LogP contribution in [-0.4, -0.2) is 43.3 Å². The largest absolute Gasteiger partial charge is 0.460 e. The molecule has 7 nitrogen and oxygen atoms in total. The number of rotatable bonds is 4. The van der Waals surface area contributed by atoms with E-state index in [0.29, 0.717) is 18.8 Å². The predicted molar refractivity (Wildman–Crippen MR) is 72.8 cm³/mol. The van der Waals surface area contributed by atoms with Gasteiger partial charge >= 0.3 is 17.8 Å². The van der Waals surface area contributed by atoms with E-state index in [4.69, 9.17) is 0 Å². The van der Waals surface area contributed by atoms with Crippen LogP contribution in [0.15, 0.2) is 24.3 Å². The summed E-state index contributed by atoms with van der Waals surface area (Å²) in [6.07, 6.45) is 0. The van der Waals surface area contributed by atoms with Crippen molar-refractivity contribution in [3.63, 3.8) is 0 Å². The van der Waals surface area contributed by atoms with Crippen molar-refractivity contribution in [2.45, 2.75) is 6.92 Å². The molecule has 0 aromatic heterocycles. The molecule has 1 heterocycles. The molecule has 0 atom stereocenters. The molecule has 0 radical (unpaired) electrons. The summed E-state index contributed by atoms with van der Waals surface area (Å²) in [6.45, 7) is 2.35. The molecule has 0 spiro atoms. The summed E-state index contributed by atoms with van der Waals surface area (Å²) in [5, 5.41) is 2.43. The monoisotopic (exact) mass is 290 g/mol. The Morgan fingerprint density at radius 1 is 1.33 bits per heavy atom. The minimum Gasteiger partial charge on any atom is -0.460 e. The van der Waals surface area contributed by atoms with E-state index in [-0.39, 0.29) is 12.2 Å². The fraction of sp³-hybridized carbons (Fsp3) is 0.286. The van der Waals surface area contributed by atoms with Crippen LogP contribution in [0.5, 0.6) is 0 Å². The molecule has 1 aromatic rings. The van der Waals surface area contributed by atoms with Gasteiger partial charge in [-0.2, -0.15) is 0 Å². The molecule has 0 unspecified atom stereocenters. The highest BCUT2D eigenvalue weighted by Crippen LogP contribution is 2.18. The third-order valence-corrected chi connectivity index (χ3v) is 2.94. The number of esters is 1. The minimum atomic E-state index is -0.947. The van der Waals surface area contributed by atoms with Crippen LogP contribution in [-0.2, 0) is 19.1 Å². The predicted octanol–water partition coefficient (Wildman–Crippen LogP) is -0.105. The van der Waals surface area contributed by atoms with Crippen LogP contribution in [0, 0.1) is 0 Å². The Morgan fingerprint density at radius 2 is 2.10 bits per heavy atom. The lowest BCUT2D eigenvalue weighted by Crippen LogP contribution is -2.52. The molecule has 0 aliphatic carbocycles. The molecular weight excluding hydrogens is 276 g/mol. The molecule has 2 rings (SSSR count). The maximum atomic E-state index is 11.9. The first-order valence-corrected chi connectivity index (χ1v) is 6.45. The molecule has 1 aliphatic heterocycles. The zero-order valence-corrected chi connectivity index (χ0v) is 11.4. The first kappa shape index (κ1) is 14.7. The molecule has 0 bridgehead atoms. The number of carbonyl (C=O) groups is 4. The topological polar surface area (TPSA) is 92.8 Å². The van der Waals surface area contributed by atoms with Crippen molar-refractivity contribution in [2.75, 3.05) is 24.6 Å². The standard InChI is InChI=1S/C14H14N2O5/c1-2-21-14(20)11(17)9-4-3-5-10(8-9)16-7-6-15-12(18)13(16)19/h3-5,8H,2,6-7H2,1H3,(H,15,18). The van der Waals surface area contributed by atoms with Crippen LogP contribution in [0.1, 0.15) is 17.3 Å². The first-order chi connectivity index (χ1) is 10.0. The van der Waals surface area contributed by atoms with Gasteiger partial charge in [0.1, 0.15) is 0 Å². The lowest BCUT2D eigenvalue weighted by molar-refractivity contribution is -0.138. The summed E-state index contributed by atoms with van der Waals surface area (Å²) in [6, 6.07) is 5.99. The SMILES string of the molecule is CCOC(=O)C(=O)c1cccc(N2CCNC(=O)C2=O)c1. The lowest BCUT2D eigenvalue weighted by Gasteiger charge is -2.26. The Hall–Kier alpha value is -2.70. The van der Waals surface area contributed by atoms with Crippen LogP contribution in [0.3, 0.4) is 0 Å². The molecule has 1 N–H and O–H groups in total. The summed E-state index contributed by atoms with van der Waals surface area (Å²) in [4.78, 5) is 47.7. The molecule has 2 amide bonds. The number of benzene rings is 1. The second kappa shape index (κ2) is 6.17. The van der Waals surface area contributed by atoms with E-state index in [9.17, 15) is 19.2 Å². The molecule has 1 aromatic carbocycles. The Balaban J connectivity index is 2.25.